The molecular weight excluding hydrogens is 1730 g/mol. The molecule has 11 rings (SSSR count). The Morgan fingerprint density at radius 3 is 1.41 bits per heavy atom. The van der Waals surface area contributed by atoms with E-state index in [1.54, 1.807) is 92.8 Å². The second-order valence-corrected chi connectivity index (χ2v) is 48.6. The second kappa shape index (κ2) is 52.0. The maximum Gasteiger partial charge on any atom is 0.177 e. The van der Waals surface area contributed by atoms with E-state index in [0.717, 1.165) is 110 Å². The number of benzene rings is 1. The van der Waals surface area contributed by atoms with Crippen LogP contribution in [0.15, 0.2) is 84.0 Å². The molecule has 0 spiro atoms. The molecule has 6 atom stereocenters. The Balaban J connectivity index is 0.000000335. The molecule has 8 nitrogen and oxygen atoms in total. The standard InChI is InChI=1S/C7H11NS3.C7H5NS2.C6H10N2S3.C5H8N2S4.C4H5NS3.C4H5NS2.C4H8S4.C4H4S3.C3H4S5.C3H6S4/c1-7(2,3)4-5(9)11-6(10)8-4;9-7-8-5-3-1-2-4-6(5)10-7;1-2-3-4-10-6-8-7-5(9)11-6;8-2-1-3-10-5-7-6-4(9)11-5;1-2-3(6)8-4(7)5-2;6-4-3-5-1-2-7-4;5-3-1-7-4(6)2-8-3;5-3-1-2-4(6)7-3;4-1-2(5)8-3(6)7-1;4-2-3(5)7-1-6-2/h9H,1-3H3,(H,8,10);1-4H,(H,8,9);2-4H2,1H3,(H,7,9);8H,1-3H2,(H,6,9);6H,1H3,(H,5,7);1-3,5-6H;3-6H,1-2H2;1-2,5-6H;1-2,4-5H;2-5H,1H2. The molecule has 88 heavy (non-hydrogen) atoms. The number of para-hydroxylation sites is 1. The number of thioether (sulfide) groups is 9. The van der Waals surface area contributed by atoms with Crippen molar-refractivity contribution < 1.29 is 0 Å². The maximum absolute atomic E-state index is 5.00. The molecule has 0 aliphatic carbocycles. The van der Waals surface area contributed by atoms with Gasteiger partial charge in [0.2, 0.25) is 0 Å². The van der Waals surface area contributed by atoms with E-state index < -0.39 is 0 Å². The molecule has 6 aromatic heterocycles. The van der Waals surface area contributed by atoms with Crippen molar-refractivity contribution in [2.75, 3.05) is 33.8 Å². The van der Waals surface area contributed by atoms with Crippen LogP contribution in [0.3, 0.4) is 0 Å². The molecule has 41 heteroatoms. The first kappa shape index (κ1) is 89.1. The fraction of sp³-hybridized carbons (Fsp3) is 0.447. The van der Waals surface area contributed by atoms with E-state index in [9.17, 15) is 0 Å². The van der Waals surface area contributed by atoms with Gasteiger partial charge in [0.05, 0.1) is 58.8 Å². The van der Waals surface area contributed by atoms with E-state index in [-0.39, 0.29) is 14.6 Å². The van der Waals surface area contributed by atoms with Gasteiger partial charge in [-0.15, -0.1) is 133 Å². The molecular formula is C47H66N8S33. The lowest BCUT2D eigenvalue weighted by atomic mass is 9.93. The number of rotatable bonds is 8. The number of thiophene rings is 1. The van der Waals surface area contributed by atoms with E-state index in [4.69, 9.17) is 73.3 Å². The smallest absolute Gasteiger partial charge is 0.177 e. The molecule has 4 aliphatic rings. The van der Waals surface area contributed by atoms with Gasteiger partial charge in [-0.3, -0.25) is 10.2 Å². The quantitative estimate of drug-likeness (QED) is 0.0306. The summed E-state index contributed by atoms with van der Waals surface area (Å²) in [5.74, 6) is 5.43. The molecule has 0 bridgehead atoms. The average molecular weight is 1800 g/mol. The highest BCUT2D eigenvalue weighted by Gasteiger charge is 2.26. The maximum atomic E-state index is 5.00. The molecule has 3 fully saturated rings. The third-order valence-electron chi connectivity index (χ3n) is 8.99. The van der Waals surface area contributed by atoms with Crippen LogP contribution in [0.5, 0.6) is 0 Å². The number of H-pyrrole nitrogens is 5. The number of nitrogens with one attached hydrogen (secondary N) is 6. The molecule has 6 unspecified atom stereocenters. The number of nitrogens with zero attached hydrogens (tertiary/aromatic N) is 2. The normalized spacial score (nSPS) is 18.8. The van der Waals surface area contributed by atoms with E-state index in [1.165, 1.54) is 51.6 Å². The summed E-state index contributed by atoms with van der Waals surface area (Å²) < 4.78 is 15.8. The Morgan fingerprint density at radius 2 is 1.11 bits per heavy atom. The van der Waals surface area contributed by atoms with E-state index >= 15 is 0 Å². The van der Waals surface area contributed by atoms with Crippen molar-refractivity contribution in [3.63, 3.8) is 0 Å². The molecule has 0 saturated carbocycles. The van der Waals surface area contributed by atoms with Gasteiger partial charge in [0.1, 0.15) is 3.53 Å². The van der Waals surface area contributed by atoms with Crippen LogP contribution < -0.4 is 5.32 Å². The zero-order valence-corrected chi connectivity index (χ0v) is 74.7. The summed E-state index contributed by atoms with van der Waals surface area (Å²) in [5, 5.41) is 19.5. The second-order valence-electron chi connectivity index (χ2n) is 17.0. The number of aryl methyl sites for hydroxylation is 1. The fourth-order valence-corrected chi connectivity index (χ4v) is 27.6. The predicted octanol–water partition coefficient (Wildman–Crippen LogP) is 24.5. The SMILES string of the molecule is CC(C)(C)c1[nH]c(=S)sc1S.CCCCSc1n[nH]c(=S)s1.Cc1[nH]c(=S)sc1S.S=C1SC(S)C(S)S1.S=c1[nH]c2ccccc2s1.S=c1[nH]nc(SCCCS)s1.SC1=CNC=CS1.SC1CSC(S)CS1.SC1SCSC1S.Sc1ccc(S)s1. The zero-order valence-electron chi connectivity index (χ0n) is 46.9. The minimum absolute atomic E-state index is 0.116. The van der Waals surface area contributed by atoms with Crippen molar-refractivity contribution in [3.8, 4) is 0 Å². The predicted molar refractivity (Wildman–Crippen MR) is 479 cm³/mol. The molecule has 492 valence electrons. The van der Waals surface area contributed by atoms with Crippen molar-refractivity contribution in [2.24, 2.45) is 0 Å². The van der Waals surface area contributed by atoms with E-state index in [0.29, 0.717) is 18.3 Å². The number of hydrogen-bond acceptors (Lipinski definition) is 36. The van der Waals surface area contributed by atoms with Crippen LogP contribution in [0.25, 0.3) is 10.2 Å². The monoisotopic (exact) mass is 1800 g/mol. The van der Waals surface area contributed by atoms with Crippen LogP contribution >= 0.6 is 399 Å². The number of aromatic nitrogens is 7. The van der Waals surface area contributed by atoms with Crippen molar-refractivity contribution in [1.82, 2.24) is 40.7 Å². The number of fused-ring (bicyclic) bond motifs is 1. The van der Waals surface area contributed by atoms with Gasteiger partial charge in [0, 0.05) is 57.3 Å². The third-order valence-corrected chi connectivity index (χ3v) is 34.6. The number of unbranched alkanes of at least 4 members (excludes halogenated alkanes) is 1. The first-order valence-electron chi connectivity index (χ1n) is 24.8. The highest BCUT2D eigenvalue weighted by atomic mass is 32.3. The van der Waals surface area contributed by atoms with Crippen LogP contribution in [0, 0.1) is 26.7 Å². The molecule has 6 N–H and O–H groups in total. The molecule has 1 aromatic carbocycles. The average Bonchev–Trinajstić information content (AvgIpc) is 2.83. The summed E-state index contributed by atoms with van der Waals surface area (Å²) in [6, 6.07) is 12.0. The summed E-state index contributed by atoms with van der Waals surface area (Å²) in [4.78, 5) is 9.20. The Hall–Kier alpha value is 5.01. The summed E-state index contributed by atoms with van der Waals surface area (Å²) >= 11 is 105. The van der Waals surface area contributed by atoms with Gasteiger partial charge in [-0.25, -0.2) is 0 Å². The Kier molecular flexibility index (Phi) is 52.7. The molecule has 0 amide bonds. The van der Waals surface area contributed by atoms with Gasteiger partial charge in [-0.2, -0.15) is 98.6 Å². The molecule has 10 heterocycles. The van der Waals surface area contributed by atoms with Crippen LogP contribution in [0.2, 0.25) is 0 Å². The largest absolute Gasteiger partial charge is 0.366 e. The van der Waals surface area contributed by atoms with Crippen LogP contribution in [-0.4, -0.2) is 100 Å². The summed E-state index contributed by atoms with van der Waals surface area (Å²) in [5.41, 5.74) is 3.45. The molecule has 4 aliphatic heterocycles. The van der Waals surface area contributed by atoms with Crippen molar-refractivity contribution in [1.29, 1.82) is 0 Å². The van der Waals surface area contributed by atoms with Gasteiger partial charge in [0.15, 0.2) is 28.5 Å². The van der Waals surface area contributed by atoms with Gasteiger partial charge in [-0.1, -0.05) is 163 Å². The van der Waals surface area contributed by atoms with Crippen molar-refractivity contribution in [2.45, 2.75) is 112 Å². The van der Waals surface area contributed by atoms with Gasteiger partial charge in [0.25, 0.3) is 0 Å². The number of thiocarbonyl (C=S) groups is 1. The Bertz CT molecular complexity index is 3200. The lowest BCUT2D eigenvalue weighted by Gasteiger charge is -2.20. The van der Waals surface area contributed by atoms with Gasteiger partial charge >= 0.3 is 0 Å². The summed E-state index contributed by atoms with van der Waals surface area (Å²) in [6.07, 6.45) is 7.30. The fourth-order valence-electron chi connectivity index (χ4n) is 4.98. The molecule has 7 aromatic rings. The number of hydrogen-bond donors (Lipinski definition) is 18. The van der Waals surface area contributed by atoms with Gasteiger partial charge in [-0.05, 0) is 116 Å². The highest BCUT2D eigenvalue weighted by molar-refractivity contribution is 8.53. The number of thiazole rings is 3. The topological polar surface area (TPSA) is 117 Å². The first-order valence-corrected chi connectivity index (χ1v) is 47.0. The lowest BCUT2D eigenvalue weighted by Crippen LogP contribution is -2.12. The van der Waals surface area contributed by atoms with Crippen LogP contribution in [0.4, 0.5) is 0 Å². The van der Waals surface area contributed by atoms with Crippen LogP contribution in [0.1, 0.15) is 58.3 Å². The third kappa shape index (κ3) is 43.0. The Morgan fingerprint density at radius 1 is 0.602 bits per heavy atom. The number of aromatic amines is 5. The van der Waals surface area contributed by atoms with E-state index in [1.807, 2.05) is 102 Å². The summed E-state index contributed by atoms with van der Waals surface area (Å²) in [7, 11) is 0. The van der Waals surface area contributed by atoms with Gasteiger partial charge < -0.3 is 20.3 Å². The Labute approximate surface area is 678 Å². The van der Waals surface area contributed by atoms with Crippen LogP contribution in [-0.2, 0) is 5.41 Å². The highest BCUT2D eigenvalue weighted by Crippen LogP contribution is 2.43. The van der Waals surface area contributed by atoms with Crippen molar-refractivity contribution >= 4 is 412 Å². The van der Waals surface area contributed by atoms with Crippen molar-refractivity contribution in [3.05, 3.63) is 89.6 Å². The minimum atomic E-state index is 0.116. The molecule has 3 saturated heterocycles. The molecule has 0 radical (unpaired) electrons. The zero-order chi connectivity index (χ0) is 65.8. The summed E-state index contributed by atoms with van der Waals surface area (Å²) in [6.45, 7) is 10.6. The number of thiol groups is 12. The first-order chi connectivity index (χ1) is 41.6. The van der Waals surface area contributed by atoms with E-state index in [2.05, 4.69) is 226 Å². The minimum Gasteiger partial charge on any atom is -0.366 e. The lowest BCUT2D eigenvalue weighted by molar-refractivity contribution is 0.562.